The van der Waals surface area contributed by atoms with Crippen molar-refractivity contribution in [2.45, 2.75) is 46.0 Å². The van der Waals surface area contributed by atoms with Crippen molar-refractivity contribution in [2.75, 3.05) is 55.7 Å². The number of rotatable bonds is 8. The van der Waals surface area contributed by atoms with Crippen LogP contribution in [0.15, 0.2) is 30.3 Å². The number of nitrogens with zero attached hydrogens (tertiary/aromatic N) is 5. The number of aryl methyl sites for hydroxylation is 1. The standard InChI is InChI=1S/C25H35N5O2/c1-3-4-7-18-32-22-10-8-21(9-11-22)24(31)29-14-16-30(17-15-29)25-26-20(2)19-23(27-25)28-12-5-6-13-28/h8-11,19H,3-7,12-18H2,1-2H3. The number of anilines is 2. The smallest absolute Gasteiger partial charge is 0.253 e. The molecule has 0 aliphatic carbocycles. The molecule has 3 heterocycles. The van der Waals surface area contributed by atoms with Crippen LogP contribution in [0.2, 0.25) is 0 Å². The molecule has 0 atom stereocenters. The third kappa shape index (κ3) is 5.50. The molecule has 172 valence electrons. The zero-order chi connectivity index (χ0) is 22.3. The number of piperazine rings is 1. The molecule has 0 bridgehead atoms. The Morgan fingerprint density at radius 1 is 0.938 bits per heavy atom. The fraction of sp³-hybridized carbons (Fsp3) is 0.560. The highest BCUT2D eigenvalue weighted by Gasteiger charge is 2.25. The maximum absolute atomic E-state index is 13.0. The molecular weight excluding hydrogens is 402 g/mol. The highest BCUT2D eigenvalue weighted by Crippen LogP contribution is 2.22. The molecule has 0 saturated carbocycles. The van der Waals surface area contributed by atoms with Crippen LogP contribution in [-0.4, -0.2) is 66.7 Å². The topological polar surface area (TPSA) is 61.8 Å². The van der Waals surface area contributed by atoms with E-state index >= 15 is 0 Å². The van der Waals surface area contributed by atoms with Crippen molar-refractivity contribution >= 4 is 17.7 Å². The van der Waals surface area contributed by atoms with E-state index in [0.29, 0.717) is 18.7 Å². The van der Waals surface area contributed by atoms with Crippen molar-refractivity contribution in [2.24, 2.45) is 0 Å². The first-order valence-corrected chi connectivity index (χ1v) is 12.0. The van der Waals surface area contributed by atoms with Crippen LogP contribution in [0.25, 0.3) is 0 Å². The second kappa shape index (κ2) is 10.7. The Bertz CT molecular complexity index is 888. The van der Waals surface area contributed by atoms with E-state index in [1.54, 1.807) is 0 Å². The average molecular weight is 438 g/mol. The van der Waals surface area contributed by atoms with Gasteiger partial charge in [0.05, 0.1) is 6.61 Å². The van der Waals surface area contributed by atoms with Crippen molar-refractivity contribution in [1.82, 2.24) is 14.9 Å². The van der Waals surface area contributed by atoms with Crippen LogP contribution in [0, 0.1) is 6.92 Å². The van der Waals surface area contributed by atoms with Gasteiger partial charge >= 0.3 is 0 Å². The predicted octanol–water partition coefficient (Wildman–Crippen LogP) is 3.92. The highest BCUT2D eigenvalue weighted by molar-refractivity contribution is 5.94. The molecule has 2 aromatic rings. The molecule has 32 heavy (non-hydrogen) atoms. The lowest BCUT2D eigenvalue weighted by Crippen LogP contribution is -2.49. The van der Waals surface area contributed by atoms with Crippen LogP contribution in [0.1, 0.15) is 55.1 Å². The van der Waals surface area contributed by atoms with Crippen molar-refractivity contribution in [3.63, 3.8) is 0 Å². The van der Waals surface area contributed by atoms with E-state index in [9.17, 15) is 4.79 Å². The van der Waals surface area contributed by atoms with Gasteiger partial charge in [0.25, 0.3) is 5.91 Å². The molecule has 2 fully saturated rings. The van der Waals surface area contributed by atoms with E-state index in [1.807, 2.05) is 36.1 Å². The molecule has 1 aromatic carbocycles. The molecule has 2 saturated heterocycles. The molecule has 0 N–H and O–H groups in total. The summed E-state index contributed by atoms with van der Waals surface area (Å²) in [6.45, 7) is 9.90. The minimum atomic E-state index is 0.0742. The number of carbonyl (C=O) groups is 1. The Hall–Kier alpha value is -2.83. The Morgan fingerprint density at radius 3 is 2.34 bits per heavy atom. The van der Waals surface area contributed by atoms with Crippen LogP contribution >= 0.6 is 0 Å². The molecule has 0 unspecified atom stereocenters. The lowest BCUT2D eigenvalue weighted by molar-refractivity contribution is 0.0746. The Morgan fingerprint density at radius 2 is 1.66 bits per heavy atom. The van der Waals surface area contributed by atoms with Gasteiger partial charge in [0.1, 0.15) is 11.6 Å². The van der Waals surface area contributed by atoms with Gasteiger partial charge < -0.3 is 19.4 Å². The molecule has 0 radical (unpaired) electrons. The number of ether oxygens (including phenoxy) is 1. The van der Waals surface area contributed by atoms with E-state index in [-0.39, 0.29) is 5.91 Å². The minimum absolute atomic E-state index is 0.0742. The molecule has 2 aliphatic rings. The van der Waals surface area contributed by atoms with Gasteiger partial charge in [-0.15, -0.1) is 0 Å². The quantitative estimate of drug-likeness (QED) is 0.584. The first-order chi connectivity index (χ1) is 15.6. The molecule has 7 nitrogen and oxygen atoms in total. The zero-order valence-electron chi connectivity index (χ0n) is 19.4. The molecule has 1 amide bonds. The molecule has 1 aromatic heterocycles. The van der Waals surface area contributed by atoms with Crippen LogP contribution < -0.4 is 14.5 Å². The first-order valence-electron chi connectivity index (χ1n) is 12.0. The van der Waals surface area contributed by atoms with Gasteiger partial charge in [0, 0.05) is 56.6 Å². The Balaban J connectivity index is 1.32. The number of aromatic nitrogens is 2. The SMILES string of the molecule is CCCCCOc1ccc(C(=O)N2CCN(c3nc(C)cc(N4CCCC4)n3)CC2)cc1. The third-order valence-electron chi connectivity index (χ3n) is 6.23. The van der Waals surface area contributed by atoms with Crippen molar-refractivity contribution in [3.05, 3.63) is 41.6 Å². The monoisotopic (exact) mass is 437 g/mol. The van der Waals surface area contributed by atoms with Gasteiger partial charge in [-0.3, -0.25) is 4.79 Å². The van der Waals surface area contributed by atoms with Crippen molar-refractivity contribution < 1.29 is 9.53 Å². The number of carbonyl (C=O) groups excluding carboxylic acids is 1. The summed E-state index contributed by atoms with van der Waals surface area (Å²) < 4.78 is 5.76. The van der Waals surface area contributed by atoms with Crippen LogP contribution in [0.4, 0.5) is 11.8 Å². The summed E-state index contributed by atoms with van der Waals surface area (Å²) in [6, 6.07) is 9.61. The summed E-state index contributed by atoms with van der Waals surface area (Å²) in [5.74, 6) is 2.71. The largest absolute Gasteiger partial charge is 0.494 e. The number of hydrogen-bond donors (Lipinski definition) is 0. The maximum atomic E-state index is 13.0. The molecular formula is C25H35N5O2. The summed E-state index contributed by atoms with van der Waals surface area (Å²) in [7, 11) is 0. The van der Waals surface area contributed by atoms with Crippen LogP contribution in [-0.2, 0) is 0 Å². The van der Waals surface area contributed by atoms with Crippen molar-refractivity contribution in [1.29, 1.82) is 0 Å². The van der Waals surface area contributed by atoms with Crippen LogP contribution in [0.3, 0.4) is 0 Å². The maximum Gasteiger partial charge on any atom is 0.253 e. The first kappa shape index (κ1) is 22.4. The highest BCUT2D eigenvalue weighted by atomic mass is 16.5. The zero-order valence-corrected chi connectivity index (χ0v) is 19.4. The van der Waals surface area contributed by atoms with Gasteiger partial charge in [-0.1, -0.05) is 19.8 Å². The van der Waals surface area contributed by atoms with Gasteiger partial charge in [0.2, 0.25) is 5.95 Å². The second-order valence-electron chi connectivity index (χ2n) is 8.72. The van der Waals surface area contributed by atoms with E-state index in [4.69, 9.17) is 9.72 Å². The molecule has 2 aliphatic heterocycles. The molecule has 7 heteroatoms. The number of amides is 1. The predicted molar refractivity (Wildman–Crippen MR) is 128 cm³/mol. The van der Waals surface area contributed by atoms with Gasteiger partial charge in [-0.2, -0.15) is 4.98 Å². The summed E-state index contributed by atoms with van der Waals surface area (Å²) in [6.07, 6.45) is 5.87. The summed E-state index contributed by atoms with van der Waals surface area (Å²) >= 11 is 0. The van der Waals surface area contributed by atoms with Gasteiger partial charge in [-0.05, 0) is 50.5 Å². The third-order valence-corrected chi connectivity index (χ3v) is 6.23. The van der Waals surface area contributed by atoms with E-state index in [1.165, 1.54) is 25.7 Å². The van der Waals surface area contributed by atoms with Crippen molar-refractivity contribution in [3.8, 4) is 5.75 Å². The van der Waals surface area contributed by atoms with E-state index < -0.39 is 0 Å². The fourth-order valence-corrected chi connectivity index (χ4v) is 4.31. The lowest BCUT2D eigenvalue weighted by Gasteiger charge is -2.35. The lowest BCUT2D eigenvalue weighted by atomic mass is 10.1. The second-order valence-corrected chi connectivity index (χ2v) is 8.72. The normalized spacial score (nSPS) is 16.5. The Labute approximate surface area is 191 Å². The molecule has 0 spiro atoms. The van der Waals surface area contributed by atoms with Gasteiger partial charge in [-0.25, -0.2) is 4.98 Å². The minimum Gasteiger partial charge on any atom is -0.494 e. The summed E-state index contributed by atoms with van der Waals surface area (Å²) in [4.78, 5) is 28.9. The number of hydrogen-bond acceptors (Lipinski definition) is 6. The van der Waals surface area contributed by atoms with Crippen LogP contribution in [0.5, 0.6) is 5.75 Å². The summed E-state index contributed by atoms with van der Waals surface area (Å²) in [5, 5.41) is 0. The number of benzene rings is 1. The average Bonchev–Trinajstić information content (AvgIpc) is 3.37. The number of unbranched alkanes of at least 4 members (excludes halogenated alkanes) is 2. The fourth-order valence-electron chi connectivity index (χ4n) is 4.31. The van der Waals surface area contributed by atoms with E-state index in [0.717, 1.165) is 62.4 Å². The molecule has 4 rings (SSSR count). The van der Waals surface area contributed by atoms with E-state index in [2.05, 4.69) is 27.8 Å². The van der Waals surface area contributed by atoms with Gasteiger partial charge in [0.15, 0.2) is 0 Å². The Kier molecular flexibility index (Phi) is 7.45. The summed E-state index contributed by atoms with van der Waals surface area (Å²) in [5.41, 5.74) is 1.70.